The van der Waals surface area contributed by atoms with E-state index in [9.17, 15) is 0 Å². The molecule has 0 aliphatic rings. The van der Waals surface area contributed by atoms with Crippen LogP contribution in [0.15, 0.2) is 11.0 Å². The molecule has 15 heavy (non-hydrogen) atoms. The summed E-state index contributed by atoms with van der Waals surface area (Å²) >= 11 is 2.01. The lowest BCUT2D eigenvalue weighted by molar-refractivity contribution is 0.586. The van der Waals surface area contributed by atoms with Crippen LogP contribution in [0.2, 0.25) is 0 Å². The first-order chi connectivity index (χ1) is 7.31. The van der Waals surface area contributed by atoms with Crippen molar-refractivity contribution in [2.45, 2.75) is 72.1 Å². The van der Waals surface area contributed by atoms with Gasteiger partial charge in [-0.05, 0) is 30.9 Å². The quantitative estimate of drug-likeness (QED) is 0.427. The molecule has 0 aliphatic heterocycles. The molecule has 0 nitrogen and oxygen atoms in total. The van der Waals surface area contributed by atoms with Crippen molar-refractivity contribution < 1.29 is 0 Å². The first-order valence-electron chi connectivity index (χ1n) is 6.57. The molecule has 0 unspecified atom stereocenters. The van der Waals surface area contributed by atoms with E-state index in [2.05, 4.69) is 26.8 Å². The maximum Gasteiger partial charge on any atom is -0.00235 e. The van der Waals surface area contributed by atoms with Crippen LogP contribution in [0.3, 0.4) is 0 Å². The highest BCUT2D eigenvalue weighted by Crippen LogP contribution is 2.17. The summed E-state index contributed by atoms with van der Waals surface area (Å²) in [6, 6.07) is 0. The van der Waals surface area contributed by atoms with Gasteiger partial charge in [-0.3, -0.25) is 0 Å². The van der Waals surface area contributed by atoms with Gasteiger partial charge in [0.15, 0.2) is 0 Å². The van der Waals surface area contributed by atoms with Crippen LogP contribution in [0, 0.1) is 0 Å². The summed E-state index contributed by atoms with van der Waals surface area (Å²) in [6.45, 7) is 6.60. The topological polar surface area (TPSA) is 0 Å². The molecule has 0 aliphatic carbocycles. The Kier molecular flexibility index (Phi) is 12.2. The maximum absolute atomic E-state index is 2.28. The zero-order chi connectivity index (χ0) is 11.4. The number of rotatable bonds is 10. The second-order valence-electron chi connectivity index (χ2n) is 4.22. The van der Waals surface area contributed by atoms with Crippen LogP contribution >= 0.6 is 11.8 Å². The molecule has 0 N–H and O–H groups in total. The van der Waals surface area contributed by atoms with Crippen molar-refractivity contribution in [2.75, 3.05) is 5.75 Å². The van der Waals surface area contributed by atoms with E-state index in [1.807, 2.05) is 11.8 Å². The number of thioether (sulfide) groups is 1. The van der Waals surface area contributed by atoms with Gasteiger partial charge in [-0.2, -0.15) is 0 Å². The summed E-state index contributed by atoms with van der Waals surface area (Å²) in [7, 11) is 0. The molecular weight excluding hydrogens is 200 g/mol. The molecule has 0 rings (SSSR count). The molecule has 0 saturated carbocycles. The maximum atomic E-state index is 2.28. The smallest absolute Gasteiger partial charge is 0.00235 e. The first-order valence-corrected chi connectivity index (χ1v) is 7.55. The summed E-state index contributed by atoms with van der Waals surface area (Å²) in [5.74, 6) is 1.31. The highest BCUT2D eigenvalue weighted by atomic mass is 32.2. The highest BCUT2D eigenvalue weighted by Gasteiger charge is 1.92. The van der Waals surface area contributed by atoms with E-state index in [0.29, 0.717) is 0 Å². The fourth-order valence-electron chi connectivity index (χ4n) is 1.55. The van der Waals surface area contributed by atoms with E-state index in [1.54, 1.807) is 0 Å². The SMILES string of the molecule is C/C=C(/C)SCCCCCCCCCC. The van der Waals surface area contributed by atoms with Gasteiger partial charge in [0.25, 0.3) is 0 Å². The summed E-state index contributed by atoms with van der Waals surface area (Å²) in [4.78, 5) is 1.47. The normalized spacial score (nSPS) is 12.1. The number of hydrogen-bond acceptors (Lipinski definition) is 1. The van der Waals surface area contributed by atoms with Crippen LogP contribution in [0.25, 0.3) is 0 Å². The molecule has 0 saturated heterocycles. The molecule has 0 aromatic heterocycles. The van der Waals surface area contributed by atoms with E-state index >= 15 is 0 Å². The van der Waals surface area contributed by atoms with E-state index in [0.717, 1.165) is 0 Å². The molecule has 0 amide bonds. The Morgan fingerprint density at radius 2 is 1.47 bits per heavy atom. The van der Waals surface area contributed by atoms with Crippen molar-refractivity contribution in [3.63, 3.8) is 0 Å². The number of unbranched alkanes of at least 4 members (excludes halogenated alkanes) is 7. The molecule has 0 heterocycles. The van der Waals surface area contributed by atoms with E-state index in [1.165, 1.54) is 62.0 Å². The standard InChI is InChI=1S/C14H28S/c1-4-6-7-8-9-10-11-12-13-15-14(3)5-2/h5H,4,6-13H2,1-3H3/b14-5-. The van der Waals surface area contributed by atoms with Crippen LogP contribution in [0.4, 0.5) is 0 Å². The van der Waals surface area contributed by atoms with Gasteiger partial charge in [-0.1, -0.05) is 57.9 Å². The Hall–Kier alpha value is 0.0900. The van der Waals surface area contributed by atoms with Crippen molar-refractivity contribution in [1.29, 1.82) is 0 Å². The second-order valence-corrected chi connectivity index (χ2v) is 5.56. The van der Waals surface area contributed by atoms with Crippen molar-refractivity contribution in [3.8, 4) is 0 Å². The Balaban J connectivity index is 2.99. The van der Waals surface area contributed by atoms with Gasteiger partial charge in [0, 0.05) is 0 Å². The largest absolute Gasteiger partial charge is 0.131 e. The monoisotopic (exact) mass is 228 g/mol. The van der Waals surface area contributed by atoms with E-state index < -0.39 is 0 Å². The molecule has 0 aromatic carbocycles. The van der Waals surface area contributed by atoms with E-state index in [-0.39, 0.29) is 0 Å². The van der Waals surface area contributed by atoms with Crippen LogP contribution in [-0.4, -0.2) is 5.75 Å². The third-order valence-electron chi connectivity index (χ3n) is 2.73. The van der Waals surface area contributed by atoms with Gasteiger partial charge in [-0.15, -0.1) is 11.8 Å². The minimum absolute atomic E-state index is 1.31. The Morgan fingerprint density at radius 1 is 0.933 bits per heavy atom. The van der Waals surface area contributed by atoms with Gasteiger partial charge in [0.2, 0.25) is 0 Å². The van der Waals surface area contributed by atoms with Crippen LogP contribution in [0.5, 0.6) is 0 Å². The molecule has 0 spiro atoms. The van der Waals surface area contributed by atoms with E-state index in [4.69, 9.17) is 0 Å². The number of hydrogen-bond donors (Lipinski definition) is 0. The molecule has 0 aromatic rings. The number of allylic oxidation sites excluding steroid dienone is 2. The zero-order valence-corrected chi connectivity index (χ0v) is 11.7. The second kappa shape index (κ2) is 12.2. The summed E-state index contributed by atoms with van der Waals surface area (Å²) in [6.07, 6.45) is 13.6. The van der Waals surface area contributed by atoms with Crippen LogP contribution in [-0.2, 0) is 0 Å². The average Bonchev–Trinajstić information content (AvgIpc) is 2.26. The minimum Gasteiger partial charge on any atom is -0.131 e. The van der Waals surface area contributed by atoms with Gasteiger partial charge >= 0.3 is 0 Å². The molecule has 1 heteroatoms. The molecule has 0 fully saturated rings. The van der Waals surface area contributed by atoms with Crippen molar-refractivity contribution >= 4 is 11.8 Å². The lowest BCUT2D eigenvalue weighted by atomic mass is 10.1. The zero-order valence-electron chi connectivity index (χ0n) is 10.8. The van der Waals surface area contributed by atoms with Crippen LogP contribution in [0.1, 0.15) is 72.1 Å². The first kappa shape index (κ1) is 15.1. The fourth-order valence-corrected chi connectivity index (χ4v) is 2.39. The highest BCUT2D eigenvalue weighted by molar-refractivity contribution is 8.03. The van der Waals surface area contributed by atoms with Crippen molar-refractivity contribution in [1.82, 2.24) is 0 Å². The van der Waals surface area contributed by atoms with Crippen molar-refractivity contribution in [2.24, 2.45) is 0 Å². The lowest BCUT2D eigenvalue weighted by Gasteiger charge is -2.02. The summed E-state index contributed by atoms with van der Waals surface area (Å²) in [5.41, 5.74) is 0. The predicted octanol–water partition coefficient (Wildman–Crippen LogP) is 5.78. The minimum atomic E-state index is 1.31. The summed E-state index contributed by atoms with van der Waals surface area (Å²) in [5, 5.41) is 0. The van der Waals surface area contributed by atoms with Crippen molar-refractivity contribution in [3.05, 3.63) is 11.0 Å². The molecular formula is C14H28S. The average molecular weight is 228 g/mol. The fraction of sp³-hybridized carbons (Fsp3) is 0.857. The Labute approximate surface area is 101 Å². The van der Waals surface area contributed by atoms with Crippen LogP contribution < -0.4 is 0 Å². The summed E-state index contributed by atoms with van der Waals surface area (Å²) < 4.78 is 0. The van der Waals surface area contributed by atoms with Gasteiger partial charge in [0.1, 0.15) is 0 Å². The Bertz CT molecular complexity index is 149. The lowest BCUT2D eigenvalue weighted by Crippen LogP contribution is -1.83. The molecule has 0 atom stereocenters. The third kappa shape index (κ3) is 12.0. The molecule has 0 bridgehead atoms. The molecule has 0 radical (unpaired) electrons. The van der Waals surface area contributed by atoms with Gasteiger partial charge in [0.05, 0.1) is 0 Å². The predicted molar refractivity (Wildman–Crippen MR) is 74.5 cm³/mol. The Morgan fingerprint density at radius 3 is 2.00 bits per heavy atom. The third-order valence-corrected chi connectivity index (χ3v) is 3.92. The van der Waals surface area contributed by atoms with Gasteiger partial charge in [-0.25, -0.2) is 0 Å². The molecule has 90 valence electrons. The van der Waals surface area contributed by atoms with Gasteiger partial charge < -0.3 is 0 Å².